The van der Waals surface area contributed by atoms with Gasteiger partial charge in [-0.1, -0.05) is 6.07 Å². The smallest absolute Gasteiger partial charge is 0.257 e. The first-order valence-corrected chi connectivity index (χ1v) is 10.2. The quantitative estimate of drug-likeness (QED) is 0.381. The Bertz CT molecular complexity index is 1330. The topological polar surface area (TPSA) is 96.6 Å². The standard InChI is InChI=1S/C24H21N3O4S/c1-13-10-14(2)21-19(11-13)26-23(31-21)18-9-6-16(12-20(18)28)25-24(32)27-22(29)15-4-7-17(30-3)8-5-15/h4-12,28H,1-3H3,(H2,25,27,29,32). The average Bonchev–Trinajstić information content (AvgIpc) is 3.17. The van der Waals surface area contributed by atoms with Crippen molar-refractivity contribution in [2.45, 2.75) is 13.8 Å². The predicted molar refractivity (Wildman–Crippen MR) is 127 cm³/mol. The molecule has 0 aliphatic rings. The van der Waals surface area contributed by atoms with Gasteiger partial charge in [-0.25, -0.2) is 4.98 Å². The third-order valence-electron chi connectivity index (χ3n) is 4.89. The van der Waals surface area contributed by atoms with Crippen LogP contribution in [-0.4, -0.2) is 28.2 Å². The molecule has 0 aliphatic carbocycles. The number of fused-ring (bicyclic) bond motifs is 1. The summed E-state index contributed by atoms with van der Waals surface area (Å²) in [5.41, 5.74) is 4.90. The maximum atomic E-state index is 12.3. The van der Waals surface area contributed by atoms with Crippen molar-refractivity contribution < 1.29 is 19.1 Å². The second kappa shape index (κ2) is 8.68. The Hall–Kier alpha value is -3.91. The van der Waals surface area contributed by atoms with E-state index >= 15 is 0 Å². The Morgan fingerprint density at radius 3 is 2.53 bits per heavy atom. The number of phenolic OH excluding ortho intramolecular Hbond substituents is 1. The van der Waals surface area contributed by atoms with Crippen LogP contribution in [0, 0.1) is 13.8 Å². The molecule has 0 fully saturated rings. The molecule has 0 radical (unpaired) electrons. The van der Waals surface area contributed by atoms with E-state index in [0.29, 0.717) is 34.0 Å². The van der Waals surface area contributed by atoms with Crippen molar-refractivity contribution in [1.29, 1.82) is 0 Å². The fourth-order valence-corrected chi connectivity index (χ4v) is 3.57. The molecule has 0 spiro atoms. The SMILES string of the molecule is COc1ccc(C(=O)NC(=S)Nc2ccc(-c3nc4cc(C)cc(C)c4o3)c(O)c2)cc1. The minimum atomic E-state index is -0.358. The van der Waals surface area contributed by atoms with Crippen molar-refractivity contribution in [1.82, 2.24) is 10.3 Å². The van der Waals surface area contributed by atoms with Crippen LogP contribution in [0.5, 0.6) is 11.5 Å². The van der Waals surface area contributed by atoms with Gasteiger partial charge >= 0.3 is 0 Å². The monoisotopic (exact) mass is 447 g/mol. The Kier molecular flexibility index (Phi) is 5.79. The summed E-state index contributed by atoms with van der Waals surface area (Å²) in [6.07, 6.45) is 0. The van der Waals surface area contributed by atoms with Crippen LogP contribution >= 0.6 is 12.2 Å². The largest absolute Gasteiger partial charge is 0.507 e. The molecule has 3 aromatic carbocycles. The summed E-state index contributed by atoms with van der Waals surface area (Å²) >= 11 is 5.22. The van der Waals surface area contributed by atoms with E-state index in [1.165, 1.54) is 6.07 Å². The normalized spacial score (nSPS) is 10.7. The number of rotatable bonds is 4. The summed E-state index contributed by atoms with van der Waals surface area (Å²) in [7, 11) is 1.56. The Morgan fingerprint density at radius 2 is 1.84 bits per heavy atom. The minimum Gasteiger partial charge on any atom is -0.507 e. The molecule has 1 aromatic heterocycles. The molecule has 0 saturated carbocycles. The number of ether oxygens (including phenoxy) is 1. The van der Waals surface area contributed by atoms with E-state index in [1.54, 1.807) is 43.5 Å². The number of hydrogen-bond acceptors (Lipinski definition) is 6. The number of methoxy groups -OCH3 is 1. The van der Waals surface area contributed by atoms with Gasteiger partial charge in [-0.15, -0.1) is 0 Å². The second-order valence-electron chi connectivity index (χ2n) is 7.32. The molecular formula is C24H21N3O4S. The lowest BCUT2D eigenvalue weighted by Gasteiger charge is -2.11. The second-order valence-corrected chi connectivity index (χ2v) is 7.73. The number of thiocarbonyl (C=S) groups is 1. The number of aromatic nitrogens is 1. The number of amides is 1. The number of carbonyl (C=O) groups excluding carboxylic acids is 1. The van der Waals surface area contributed by atoms with Crippen molar-refractivity contribution in [3.05, 3.63) is 71.3 Å². The third kappa shape index (κ3) is 4.40. The zero-order valence-electron chi connectivity index (χ0n) is 17.7. The summed E-state index contributed by atoms with van der Waals surface area (Å²) in [5, 5.41) is 16.1. The molecule has 0 atom stereocenters. The summed E-state index contributed by atoms with van der Waals surface area (Å²) in [5.74, 6) is 0.596. The van der Waals surface area contributed by atoms with Crippen LogP contribution in [0.2, 0.25) is 0 Å². The molecule has 3 N–H and O–H groups in total. The highest BCUT2D eigenvalue weighted by Crippen LogP contribution is 2.34. The van der Waals surface area contributed by atoms with E-state index in [9.17, 15) is 9.90 Å². The Balaban J connectivity index is 1.47. The van der Waals surface area contributed by atoms with Crippen molar-refractivity contribution in [3.63, 3.8) is 0 Å². The number of nitrogens with zero attached hydrogens (tertiary/aromatic N) is 1. The van der Waals surface area contributed by atoms with Crippen molar-refractivity contribution >= 4 is 40.0 Å². The Labute approximate surface area is 190 Å². The molecule has 162 valence electrons. The molecule has 1 heterocycles. The van der Waals surface area contributed by atoms with Crippen LogP contribution in [-0.2, 0) is 0 Å². The maximum Gasteiger partial charge on any atom is 0.257 e. The van der Waals surface area contributed by atoms with E-state index in [0.717, 1.165) is 16.6 Å². The van der Waals surface area contributed by atoms with E-state index in [-0.39, 0.29) is 16.8 Å². The van der Waals surface area contributed by atoms with Crippen molar-refractivity contribution in [2.75, 3.05) is 12.4 Å². The molecular weight excluding hydrogens is 426 g/mol. The fourth-order valence-electron chi connectivity index (χ4n) is 3.36. The van der Waals surface area contributed by atoms with Crippen LogP contribution in [0.4, 0.5) is 5.69 Å². The van der Waals surface area contributed by atoms with Crippen LogP contribution in [0.15, 0.2) is 59.0 Å². The number of hydrogen-bond donors (Lipinski definition) is 3. The molecule has 4 rings (SSSR count). The van der Waals surface area contributed by atoms with Gasteiger partial charge in [0.05, 0.1) is 12.7 Å². The number of aromatic hydroxyl groups is 1. The summed E-state index contributed by atoms with van der Waals surface area (Å²) in [4.78, 5) is 16.8. The lowest BCUT2D eigenvalue weighted by atomic mass is 10.1. The first-order valence-electron chi connectivity index (χ1n) is 9.81. The highest BCUT2D eigenvalue weighted by Gasteiger charge is 2.15. The molecule has 32 heavy (non-hydrogen) atoms. The van der Waals surface area contributed by atoms with Gasteiger partial charge in [0.1, 0.15) is 17.0 Å². The van der Waals surface area contributed by atoms with Crippen LogP contribution < -0.4 is 15.4 Å². The van der Waals surface area contributed by atoms with Crippen LogP contribution in [0.1, 0.15) is 21.5 Å². The number of phenols is 1. The lowest BCUT2D eigenvalue weighted by molar-refractivity contribution is 0.0977. The molecule has 0 saturated heterocycles. The number of nitrogens with one attached hydrogen (secondary N) is 2. The van der Waals surface area contributed by atoms with E-state index in [4.69, 9.17) is 21.4 Å². The molecule has 1 amide bonds. The van der Waals surface area contributed by atoms with E-state index in [2.05, 4.69) is 15.6 Å². The molecule has 0 aliphatic heterocycles. The van der Waals surface area contributed by atoms with Gasteiger partial charge in [0.25, 0.3) is 5.91 Å². The summed E-state index contributed by atoms with van der Waals surface area (Å²) < 4.78 is 11.0. The van der Waals surface area contributed by atoms with Crippen LogP contribution in [0.3, 0.4) is 0 Å². The number of aryl methyl sites for hydroxylation is 2. The molecule has 7 nitrogen and oxygen atoms in total. The Morgan fingerprint density at radius 1 is 1.09 bits per heavy atom. The zero-order valence-corrected chi connectivity index (χ0v) is 18.5. The molecule has 0 unspecified atom stereocenters. The van der Waals surface area contributed by atoms with Crippen molar-refractivity contribution in [2.24, 2.45) is 0 Å². The van der Waals surface area contributed by atoms with Gasteiger partial charge in [-0.05, 0) is 79.7 Å². The van der Waals surface area contributed by atoms with Gasteiger partial charge in [0.15, 0.2) is 10.7 Å². The fraction of sp³-hybridized carbons (Fsp3) is 0.125. The lowest BCUT2D eigenvalue weighted by Crippen LogP contribution is -2.34. The number of anilines is 1. The van der Waals surface area contributed by atoms with Gasteiger partial charge in [-0.2, -0.15) is 0 Å². The first-order chi connectivity index (χ1) is 15.3. The average molecular weight is 448 g/mol. The van der Waals surface area contributed by atoms with Gasteiger partial charge < -0.3 is 19.6 Å². The van der Waals surface area contributed by atoms with Crippen LogP contribution in [0.25, 0.3) is 22.6 Å². The first kappa shape index (κ1) is 21.3. The van der Waals surface area contributed by atoms with Gasteiger partial charge in [0.2, 0.25) is 5.89 Å². The summed E-state index contributed by atoms with van der Waals surface area (Å²) in [6, 6.07) is 15.5. The highest BCUT2D eigenvalue weighted by molar-refractivity contribution is 7.80. The van der Waals surface area contributed by atoms with Gasteiger partial charge in [-0.3, -0.25) is 10.1 Å². The number of carbonyl (C=O) groups is 1. The minimum absolute atomic E-state index is 0.0276. The predicted octanol–water partition coefficient (Wildman–Crippen LogP) is 4.95. The van der Waals surface area contributed by atoms with E-state index in [1.807, 2.05) is 26.0 Å². The third-order valence-corrected chi connectivity index (χ3v) is 5.09. The van der Waals surface area contributed by atoms with Gasteiger partial charge in [0, 0.05) is 17.3 Å². The molecule has 8 heteroatoms. The highest BCUT2D eigenvalue weighted by atomic mass is 32.1. The number of oxazole rings is 1. The molecule has 0 bridgehead atoms. The van der Waals surface area contributed by atoms with Crippen molar-refractivity contribution in [3.8, 4) is 23.0 Å². The number of benzene rings is 3. The zero-order chi connectivity index (χ0) is 22.8. The summed E-state index contributed by atoms with van der Waals surface area (Å²) in [6.45, 7) is 3.95. The maximum absolute atomic E-state index is 12.3. The molecule has 4 aromatic rings. The van der Waals surface area contributed by atoms with E-state index < -0.39 is 0 Å².